The monoisotopic (exact) mass is 279 g/mol. The lowest BCUT2D eigenvalue weighted by Crippen LogP contribution is -2.29. The summed E-state index contributed by atoms with van der Waals surface area (Å²) in [5.74, 6) is 0.803. The Bertz CT molecular complexity index is 393. The molecule has 1 aromatic carbocycles. The van der Waals surface area contributed by atoms with Crippen molar-refractivity contribution >= 4 is 0 Å². The fourth-order valence-electron chi connectivity index (χ4n) is 2.32. The predicted octanol–water partition coefficient (Wildman–Crippen LogP) is 3.55. The topological polar surface area (TPSA) is 32.7 Å². The number of hydrogen-bond donors (Lipinski definition) is 1. The van der Waals surface area contributed by atoms with Gasteiger partial charge in [0.15, 0.2) is 0 Å². The smallest absolute Gasteiger partial charge is 0.125 e. The highest BCUT2D eigenvalue weighted by atomic mass is 16.5. The average molecular weight is 279 g/mol. The third-order valence-electron chi connectivity index (χ3n) is 3.53. The van der Waals surface area contributed by atoms with Crippen molar-refractivity contribution in [3.63, 3.8) is 0 Å². The summed E-state index contributed by atoms with van der Waals surface area (Å²) in [6.07, 6.45) is 1.86. The van der Waals surface area contributed by atoms with E-state index in [1.807, 2.05) is 32.0 Å². The summed E-state index contributed by atoms with van der Waals surface area (Å²) >= 11 is 0. The lowest BCUT2D eigenvalue weighted by Gasteiger charge is -2.25. The Morgan fingerprint density at radius 2 is 2.00 bits per heavy atom. The molecule has 0 radical (unpaired) electrons. The molecule has 0 aliphatic rings. The van der Waals surface area contributed by atoms with Crippen molar-refractivity contribution in [2.45, 2.75) is 46.6 Å². The number of aryl methyl sites for hydroxylation is 1. The number of ether oxygens (including phenoxy) is 1. The number of aliphatic hydroxyl groups is 1. The van der Waals surface area contributed by atoms with Gasteiger partial charge >= 0.3 is 0 Å². The highest BCUT2D eigenvalue weighted by molar-refractivity contribution is 5.38. The van der Waals surface area contributed by atoms with Gasteiger partial charge in [-0.15, -0.1) is 0 Å². The van der Waals surface area contributed by atoms with Crippen LogP contribution in [0.1, 0.15) is 50.8 Å². The van der Waals surface area contributed by atoms with E-state index >= 15 is 0 Å². The summed E-state index contributed by atoms with van der Waals surface area (Å²) in [4.78, 5) is 2.30. The SMILES string of the molecule is CCCCN(CC)CC(O)c1cc(C)ccc1OCC. The Morgan fingerprint density at radius 1 is 1.25 bits per heavy atom. The molecular formula is C17H29NO2. The third kappa shape index (κ3) is 5.14. The van der Waals surface area contributed by atoms with Gasteiger partial charge in [-0.1, -0.05) is 31.9 Å². The normalized spacial score (nSPS) is 12.7. The molecule has 0 saturated carbocycles. The quantitative estimate of drug-likeness (QED) is 0.750. The summed E-state index contributed by atoms with van der Waals surface area (Å²) < 4.78 is 5.63. The van der Waals surface area contributed by atoms with E-state index in [0.29, 0.717) is 13.2 Å². The summed E-state index contributed by atoms with van der Waals surface area (Å²) in [6, 6.07) is 6.01. The predicted molar refractivity (Wildman–Crippen MR) is 84.3 cm³/mol. The van der Waals surface area contributed by atoms with Crippen LogP contribution in [0.3, 0.4) is 0 Å². The fraction of sp³-hybridized carbons (Fsp3) is 0.647. The Labute approximate surface area is 123 Å². The molecule has 3 nitrogen and oxygen atoms in total. The first-order valence-electron chi connectivity index (χ1n) is 7.76. The summed E-state index contributed by atoms with van der Waals surface area (Å²) in [5, 5.41) is 10.5. The van der Waals surface area contributed by atoms with Crippen molar-refractivity contribution in [1.82, 2.24) is 4.90 Å². The Hall–Kier alpha value is -1.06. The zero-order valence-electron chi connectivity index (χ0n) is 13.4. The first-order valence-corrected chi connectivity index (χ1v) is 7.76. The number of rotatable bonds is 9. The number of unbranched alkanes of at least 4 members (excludes halogenated alkanes) is 1. The van der Waals surface area contributed by atoms with Crippen LogP contribution in [0.4, 0.5) is 0 Å². The molecule has 1 atom stereocenters. The van der Waals surface area contributed by atoms with Gasteiger partial charge in [0.2, 0.25) is 0 Å². The van der Waals surface area contributed by atoms with Crippen LogP contribution < -0.4 is 4.74 Å². The average Bonchev–Trinajstić information content (AvgIpc) is 2.45. The van der Waals surface area contributed by atoms with Crippen LogP contribution in [0, 0.1) is 6.92 Å². The van der Waals surface area contributed by atoms with Crippen molar-refractivity contribution < 1.29 is 9.84 Å². The number of hydrogen-bond acceptors (Lipinski definition) is 3. The second-order valence-corrected chi connectivity index (χ2v) is 5.24. The van der Waals surface area contributed by atoms with Crippen LogP contribution in [0.15, 0.2) is 18.2 Å². The molecule has 3 heteroatoms. The molecule has 0 fully saturated rings. The van der Waals surface area contributed by atoms with Crippen LogP contribution in [0.5, 0.6) is 5.75 Å². The molecule has 0 heterocycles. The van der Waals surface area contributed by atoms with Gasteiger partial charge in [-0.2, -0.15) is 0 Å². The van der Waals surface area contributed by atoms with Crippen molar-refractivity contribution in [1.29, 1.82) is 0 Å². The van der Waals surface area contributed by atoms with E-state index in [0.717, 1.165) is 30.0 Å². The molecule has 1 unspecified atom stereocenters. The van der Waals surface area contributed by atoms with Gasteiger partial charge in [-0.25, -0.2) is 0 Å². The maximum Gasteiger partial charge on any atom is 0.125 e. The maximum atomic E-state index is 10.5. The second-order valence-electron chi connectivity index (χ2n) is 5.24. The number of nitrogens with zero attached hydrogens (tertiary/aromatic N) is 1. The second kappa shape index (κ2) is 8.98. The first-order chi connectivity index (χ1) is 9.62. The van der Waals surface area contributed by atoms with E-state index in [-0.39, 0.29) is 0 Å². The Balaban J connectivity index is 2.78. The Kier molecular flexibility index (Phi) is 7.63. The molecule has 0 aliphatic carbocycles. The molecule has 1 rings (SSSR count). The highest BCUT2D eigenvalue weighted by Crippen LogP contribution is 2.27. The van der Waals surface area contributed by atoms with Crippen molar-refractivity contribution in [2.75, 3.05) is 26.2 Å². The standard InChI is InChI=1S/C17H29NO2/c1-5-8-11-18(6-2)13-16(19)15-12-14(4)9-10-17(15)20-7-3/h9-10,12,16,19H,5-8,11,13H2,1-4H3. The van der Waals surface area contributed by atoms with Crippen molar-refractivity contribution in [3.8, 4) is 5.75 Å². The molecular weight excluding hydrogens is 250 g/mol. The molecule has 0 saturated heterocycles. The maximum absolute atomic E-state index is 10.5. The minimum Gasteiger partial charge on any atom is -0.493 e. The van der Waals surface area contributed by atoms with Gasteiger partial charge in [0.05, 0.1) is 12.7 Å². The summed E-state index contributed by atoms with van der Waals surface area (Å²) in [6.45, 7) is 11.6. The lowest BCUT2D eigenvalue weighted by atomic mass is 10.0. The molecule has 0 spiro atoms. The molecule has 0 bridgehead atoms. The third-order valence-corrected chi connectivity index (χ3v) is 3.53. The van der Waals surface area contributed by atoms with Gasteiger partial charge in [-0.3, -0.25) is 0 Å². The summed E-state index contributed by atoms with van der Waals surface area (Å²) in [5.41, 5.74) is 2.06. The molecule has 20 heavy (non-hydrogen) atoms. The molecule has 0 aliphatic heterocycles. The summed E-state index contributed by atoms with van der Waals surface area (Å²) in [7, 11) is 0. The van der Waals surface area contributed by atoms with Gasteiger partial charge in [0, 0.05) is 12.1 Å². The molecule has 1 N–H and O–H groups in total. The van der Waals surface area contributed by atoms with Crippen LogP contribution in [0.2, 0.25) is 0 Å². The Morgan fingerprint density at radius 3 is 2.60 bits per heavy atom. The van der Waals surface area contributed by atoms with E-state index in [1.165, 1.54) is 12.8 Å². The minimum atomic E-state index is -0.492. The minimum absolute atomic E-state index is 0.492. The zero-order chi connectivity index (χ0) is 15.0. The number of aliphatic hydroxyl groups excluding tert-OH is 1. The van der Waals surface area contributed by atoms with E-state index < -0.39 is 6.10 Å². The van der Waals surface area contributed by atoms with E-state index in [2.05, 4.69) is 18.7 Å². The van der Waals surface area contributed by atoms with E-state index in [1.54, 1.807) is 0 Å². The molecule has 1 aromatic rings. The molecule has 0 aromatic heterocycles. The van der Waals surface area contributed by atoms with Crippen LogP contribution >= 0.6 is 0 Å². The first kappa shape index (κ1) is 17.0. The van der Waals surface area contributed by atoms with Gasteiger partial charge in [0.1, 0.15) is 5.75 Å². The number of likely N-dealkylation sites (N-methyl/N-ethyl adjacent to an activating group) is 1. The van der Waals surface area contributed by atoms with Crippen LogP contribution in [0.25, 0.3) is 0 Å². The lowest BCUT2D eigenvalue weighted by molar-refractivity contribution is 0.112. The van der Waals surface area contributed by atoms with Gasteiger partial charge < -0.3 is 14.7 Å². The largest absolute Gasteiger partial charge is 0.493 e. The molecule has 0 amide bonds. The number of benzene rings is 1. The van der Waals surface area contributed by atoms with Gasteiger partial charge in [-0.05, 0) is 45.5 Å². The fourth-order valence-corrected chi connectivity index (χ4v) is 2.32. The van der Waals surface area contributed by atoms with Crippen molar-refractivity contribution in [3.05, 3.63) is 29.3 Å². The highest BCUT2D eigenvalue weighted by Gasteiger charge is 2.16. The van der Waals surface area contributed by atoms with Crippen LogP contribution in [-0.4, -0.2) is 36.2 Å². The molecule has 114 valence electrons. The zero-order valence-corrected chi connectivity index (χ0v) is 13.4. The van der Waals surface area contributed by atoms with Crippen molar-refractivity contribution in [2.24, 2.45) is 0 Å². The van der Waals surface area contributed by atoms with Gasteiger partial charge in [0.25, 0.3) is 0 Å². The van der Waals surface area contributed by atoms with E-state index in [9.17, 15) is 5.11 Å². The van der Waals surface area contributed by atoms with E-state index in [4.69, 9.17) is 4.74 Å². The van der Waals surface area contributed by atoms with Crippen LogP contribution in [-0.2, 0) is 0 Å².